The fourth-order valence-corrected chi connectivity index (χ4v) is 1.75. The molecule has 6 heteroatoms. The summed E-state index contributed by atoms with van der Waals surface area (Å²) in [5.74, 6) is -0.297. The van der Waals surface area contributed by atoms with Crippen molar-refractivity contribution in [3.05, 3.63) is 59.9 Å². The summed E-state index contributed by atoms with van der Waals surface area (Å²) < 4.78 is 5.52. The number of carbonyl (C=O) groups is 1. The molecule has 0 saturated carbocycles. The van der Waals surface area contributed by atoms with Crippen LogP contribution in [0.4, 0.5) is 5.69 Å². The molecule has 0 aliphatic carbocycles. The van der Waals surface area contributed by atoms with Gasteiger partial charge in [-0.2, -0.15) is 0 Å². The summed E-state index contributed by atoms with van der Waals surface area (Å²) in [5, 5.41) is 4.21. The van der Waals surface area contributed by atoms with Crippen LogP contribution in [0.2, 0.25) is 0 Å². The number of carbonyl (C=O) groups excluding carboxylic acids is 1. The zero-order valence-electron chi connectivity index (χ0n) is 12.7. The molecular weight excluding hydrogens is 282 g/mol. The number of hydrogen-bond acceptors (Lipinski definition) is 5. The van der Waals surface area contributed by atoms with Crippen molar-refractivity contribution < 1.29 is 14.4 Å². The van der Waals surface area contributed by atoms with E-state index < -0.39 is 0 Å². The quantitative estimate of drug-likeness (QED) is 0.483. The summed E-state index contributed by atoms with van der Waals surface area (Å²) in [6, 6.07) is 13.3. The monoisotopic (exact) mass is 301 g/mol. The summed E-state index contributed by atoms with van der Waals surface area (Å²) in [5.41, 5.74) is 2.22. The van der Waals surface area contributed by atoms with Crippen LogP contribution < -0.4 is 5.32 Å². The van der Waals surface area contributed by atoms with E-state index in [4.69, 9.17) is 9.57 Å². The van der Waals surface area contributed by atoms with Crippen molar-refractivity contribution in [3.63, 3.8) is 0 Å². The van der Waals surface area contributed by atoms with Gasteiger partial charge in [-0.15, -0.1) is 0 Å². The largest absolute Gasteiger partial charge is 0.361 e. The molecule has 6 nitrogen and oxygen atoms in total. The maximum absolute atomic E-state index is 11.8. The Morgan fingerprint density at radius 2 is 2.00 bits per heavy atom. The van der Waals surface area contributed by atoms with Crippen LogP contribution in [0.1, 0.15) is 16.1 Å². The van der Waals surface area contributed by atoms with Crippen molar-refractivity contribution in [1.82, 2.24) is 10.0 Å². The predicted octanol–water partition coefficient (Wildman–Crippen LogP) is 2.30. The van der Waals surface area contributed by atoms with Crippen molar-refractivity contribution in [2.24, 2.45) is 0 Å². The van der Waals surface area contributed by atoms with Crippen LogP contribution in [0.25, 0.3) is 0 Å². The zero-order valence-corrected chi connectivity index (χ0v) is 12.7. The van der Waals surface area contributed by atoms with Gasteiger partial charge in [0.2, 0.25) is 0 Å². The third-order valence-corrected chi connectivity index (χ3v) is 3.03. The third-order valence-electron chi connectivity index (χ3n) is 3.03. The maximum atomic E-state index is 11.8. The van der Waals surface area contributed by atoms with Crippen LogP contribution in [-0.2, 0) is 16.2 Å². The van der Waals surface area contributed by atoms with Gasteiger partial charge in [-0.25, -0.2) is 10.0 Å². The van der Waals surface area contributed by atoms with Crippen LogP contribution >= 0.6 is 0 Å². The van der Waals surface area contributed by atoms with Crippen molar-refractivity contribution in [1.29, 1.82) is 0 Å². The Labute approximate surface area is 129 Å². The van der Waals surface area contributed by atoms with Gasteiger partial charge in [0.1, 0.15) is 12.4 Å². The molecule has 0 fully saturated rings. The minimum absolute atomic E-state index is 0.297. The third kappa shape index (κ3) is 4.54. The normalized spacial score (nSPS) is 10.3. The Bertz CT molecular complexity index is 587. The average Bonchev–Trinajstić information content (AvgIpc) is 2.59. The average molecular weight is 301 g/mol. The molecule has 0 unspecified atom stereocenters. The van der Waals surface area contributed by atoms with Crippen molar-refractivity contribution in [3.8, 4) is 0 Å². The van der Waals surface area contributed by atoms with Gasteiger partial charge in [0, 0.05) is 7.05 Å². The number of nitrogens with one attached hydrogen (secondary N) is 1. The molecule has 2 aromatic rings. The van der Waals surface area contributed by atoms with E-state index in [1.807, 2.05) is 30.3 Å². The molecule has 0 aliphatic heterocycles. The lowest BCUT2D eigenvalue weighted by Crippen LogP contribution is -2.26. The topological polar surface area (TPSA) is 63.7 Å². The Kier molecular flexibility index (Phi) is 5.88. The number of hydrogen-bond donors (Lipinski definition) is 1. The van der Waals surface area contributed by atoms with Crippen LogP contribution in [0.15, 0.2) is 48.7 Å². The number of nitrogens with zero attached hydrogens (tertiary/aromatic N) is 2. The van der Waals surface area contributed by atoms with Gasteiger partial charge >= 0.3 is 0 Å². The number of hydroxylamine groups is 2. The number of ether oxygens (including phenoxy) is 1. The molecule has 0 saturated heterocycles. The zero-order chi connectivity index (χ0) is 15.8. The predicted molar refractivity (Wildman–Crippen MR) is 83.1 cm³/mol. The molecule has 1 N–H and O–H groups in total. The molecule has 0 radical (unpaired) electrons. The molecule has 1 amide bonds. The molecule has 0 bridgehead atoms. The van der Waals surface area contributed by atoms with E-state index in [1.54, 1.807) is 18.3 Å². The lowest BCUT2D eigenvalue weighted by atomic mass is 10.2. The number of anilines is 1. The highest BCUT2D eigenvalue weighted by Crippen LogP contribution is 2.08. The van der Waals surface area contributed by atoms with Gasteiger partial charge in [-0.05, 0) is 17.7 Å². The summed E-state index contributed by atoms with van der Waals surface area (Å²) in [7, 11) is 2.96. The molecule has 0 spiro atoms. The molecule has 0 atom stereocenters. The minimum Gasteiger partial charge on any atom is -0.361 e. The Morgan fingerprint density at radius 1 is 1.23 bits per heavy atom. The standard InChI is InChI=1S/C16H19N3O3/c1-19(21-2)16(20)15-9-8-14(10-17-15)18-12-22-11-13-6-4-3-5-7-13/h3-10,18H,11-12H2,1-2H3. The SMILES string of the molecule is CON(C)C(=O)c1ccc(NCOCc2ccccc2)cn1. The molecular formula is C16H19N3O3. The van der Waals surface area contributed by atoms with Gasteiger partial charge in [0.25, 0.3) is 5.91 Å². The van der Waals surface area contributed by atoms with Gasteiger partial charge in [0.05, 0.1) is 25.6 Å². The number of rotatable bonds is 7. The maximum Gasteiger partial charge on any atom is 0.295 e. The van der Waals surface area contributed by atoms with Crippen LogP contribution in [0, 0.1) is 0 Å². The second kappa shape index (κ2) is 8.11. The molecule has 1 aromatic heterocycles. The second-order valence-corrected chi connectivity index (χ2v) is 4.57. The summed E-state index contributed by atoms with van der Waals surface area (Å²) in [4.78, 5) is 20.7. The minimum atomic E-state index is -0.297. The smallest absolute Gasteiger partial charge is 0.295 e. The highest BCUT2D eigenvalue weighted by Gasteiger charge is 2.12. The fourth-order valence-electron chi connectivity index (χ4n) is 1.75. The molecule has 116 valence electrons. The number of aromatic nitrogens is 1. The van der Waals surface area contributed by atoms with Crippen LogP contribution in [0.3, 0.4) is 0 Å². The first kappa shape index (κ1) is 15.9. The van der Waals surface area contributed by atoms with Crippen LogP contribution in [-0.4, -0.2) is 36.8 Å². The lowest BCUT2D eigenvalue weighted by molar-refractivity contribution is -0.0760. The summed E-state index contributed by atoms with van der Waals surface area (Å²) in [6.07, 6.45) is 1.59. The van der Waals surface area contributed by atoms with Gasteiger partial charge < -0.3 is 10.1 Å². The second-order valence-electron chi connectivity index (χ2n) is 4.57. The van der Waals surface area contributed by atoms with E-state index in [0.29, 0.717) is 19.0 Å². The highest BCUT2D eigenvalue weighted by atomic mass is 16.7. The molecule has 2 rings (SSSR count). The van der Waals surface area contributed by atoms with Crippen LogP contribution in [0.5, 0.6) is 0 Å². The first-order chi connectivity index (χ1) is 10.7. The van der Waals surface area contributed by atoms with E-state index >= 15 is 0 Å². The first-order valence-electron chi connectivity index (χ1n) is 6.84. The number of amides is 1. The lowest BCUT2D eigenvalue weighted by Gasteiger charge is -2.13. The van der Waals surface area contributed by atoms with E-state index in [0.717, 1.165) is 16.3 Å². The molecule has 1 heterocycles. The molecule has 22 heavy (non-hydrogen) atoms. The van der Waals surface area contributed by atoms with E-state index in [1.165, 1.54) is 14.2 Å². The van der Waals surface area contributed by atoms with Gasteiger partial charge in [0.15, 0.2) is 0 Å². The Hall–Kier alpha value is -2.44. The number of pyridine rings is 1. The Balaban J connectivity index is 1.78. The van der Waals surface area contributed by atoms with E-state index in [-0.39, 0.29) is 5.91 Å². The molecule has 0 aliphatic rings. The van der Waals surface area contributed by atoms with Crippen molar-refractivity contribution in [2.45, 2.75) is 6.61 Å². The summed E-state index contributed by atoms with van der Waals surface area (Å²) in [6.45, 7) is 0.901. The molecule has 1 aromatic carbocycles. The fraction of sp³-hybridized carbons (Fsp3) is 0.250. The van der Waals surface area contributed by atoms with Crippen molar-refractivity contribution in [2.75, 3.05) is 26.2 Å². The van der Waals surface area contributed by atoms with E-state index in [2.05, 4.69) is 10.3 Å². The number of benzene rings is 1. The van der Waals surface area contributed by atoms with Gasteiger partial charge in [-0.3, -0.25) is 9.63 Å². The highest BCUT2D eigenvalue weighted by molar-refractivity contribution is 5.91. The van der Waals surface area contributed by atoms with Gasteiger partial charge in [-0.1, -0.05) is 30.3 Å². The Morgan fingerprint density at radius 3 is 2.64 bits per heavy atom. The van der Waals surface area contributed by atoms with E-state index in [9.17, 15) is 4.79 Å². The summed E-state index contributed by atoms with van der Waals surface area (Å²) >= 11 is 0. The first-order valence-corrected chi connectivity index (χ1v) is 6.84. The van der Waals surface area contributed by atoms with Crippen molar-refractivity contribution >= 4 is 11.6 Å².